The molecule has 3 heteroatoms. The standard InChI is InChI=1S/C28H30N2O/c1-6-30-25-10-8-7-9-23(25)24-17-22(15-16-26(24)30)29-27(31)21-13-11-20(12-14-21)19(2)18-28(3,4)5/h7-18H,6H2,1-5H3,(H,29,31)/b19-18+. The van der Waals surface area contributed by atoms with Crippen LogP contribution in [0.5, 0.6) is 0 Å². The Morgan fingerprint density at radius 3 is 2.23 bits per heavy atom. The van der Waals surface area contributed by atoms with Crippen molar-refractivity contribution in [2.75, 3.05) is 5.32 Å². The highest BCUT2D eigenvalue weighted by atomic mass is 16.1. The van der Waals surface area contributed by atoms with Crippen molar-refractivity contribution < 1.29 is 4.79 Å². The molecule has 1 amide bonds. The number of anilines is 1. The fourth-order valence-electron chi connectivity index (χ4n) is 4.29. The van der Waals surface area contributed by atoms with Gasteiger partial charge in [0, 0.05) is 39.6 Å². The normalized spacial score (nSPS) is 12.5. The van der Waals surface area contributed by atoms with Crippen LogP contribution in [0.4, 0.5) is 5.69 Å². The second-order valence-electron chi connectivity index (χ2n) is 9.22. The van der Waals surface area contributed by atoms with Gasteiger partial charge in [0.2, 0.25) is 0 Å². The predicted octanol–water partition coefficient (Wildman–Crippen LogP) is 7.52. The molecule has 0 spiro atoms. The van der Waals surface area contributed by atoms with Crippen LogP contribution in [0.2, 0.25) is 0 Å². The van der Waals surface area contributed by atoms with Gasteiger partial charge in [0.05, 0.1) is 0 Å². The van der Waals surface area contributed by atoms with E-state index in [1.807, 2.05) is 30.3 Å². The lowest BCUT2D eigenvalue weighted by molar-refractivity contribution is 0.102. The number of nitrogens with one attached hydrogen (secondary N) is 1. The van der Waals surface area contributed by atoms with Gasteiger partial charge in [-0.25, -0.2) is 0 Å². The van der Waals surface area contributed by atoms with Crippen LogP contribution in [-0.2, 0) is 6.54 Å². The van der Waals surface area contributed by atoms with E-state index in [1.54, 1.807) is 0 Å². The summed E-state index contributed by atoms with van der Waals surface area (Å²) in [6.07, 6.45) is 2.25. The molecule has 1 N–H and O–H groups in total. The molecule has 0 fully saturated rings. The lowest BCUT2D eigenvalue weighted by Gasteiger charge is -2.14. The summed E-state index contributed by atoms with van der Waals surface area (Å²) in [5, 5.41) is 5.44. The number of aryl methyl sites for hydroxylation is 1. The van der Waals surface area contributed by atoms with Crippen LogP contribution < -0.4 is 5.32 Å². The highest BCUT2D eigenvalue weighted by Gasteiger charge is 2.12. The molecule has 1 heterocycles. The van der Waals surface area contributed by atoms with Crippen LogP contribution in [0.25, 0.3) is 27.4 Å². The maximum Gasteiger partial charge on any atom is 0.255 e. The number of aromatic nitrogens is 1. The van der Waals surface area contributed by atoms with Crippen LogP contribution >= 0.6 is 0 Å². The van der Waals surface area contributed by atoms with Crippen molar-refractivity contribution in [3.8, 4) is 0 Å². The molecule has 0 saturated heterocycles. The quantitative estimate of drug-likeness (QED) is 0.371. The molecule has 1 aromatic heterocycles. The Labute approximate surface area is 184 Å². The third-order valence-corrected chi connectivity index (χ3v) is 5.60. The number of amides is 1. The Hall–Kier alpha value is -3.33. The summed E-state index contributed by atoms with van der Waals surface area (Å²) in [5.74, 6) is -0.0948. The largest absolute Gasteiger partial charge is 0.341 e. The zero-order valence-corrected chi connectivity index (χ0v) is 19.0. The van der Waals surface area contributed by atoms with Crippen LogP contribution in [-0.4, -0.2) is 10.5 Å². The summed E-state index contributed by atoms with van der Waals surface area (Å²) in [6.45, 7) is 11.7. The number of carbonyl (C=O) groups excluding carboxylic acids is 1. The van der Waals surface area contributed by atoms with E-state index in [-0.39, 0.29) is 11.3 Å². The van der Waals surface area contributed by atoms with E-state index >= 15 is 0 Å². The molecule has 0 saturated carbocycles. The van der Waals surface area contributed by atoms with Crippen molar-refractivity contribution in [3.05, 3.63) is 83.9 Å². The topological polar surface area (TPSA) is 34.0 Å². The van der Waals surface area contributed by atoms with Gasteiger partial charge in [0.15, 0.2) is 0 Å². The van der Waals surface area contributed by atoms with E-state index in [1.165, 1.54) is 22.0 Å². The lowest BCUT2D eigenvalue weighted by Crippen LogP contribution is -2.11. The Morgan fingerprint density at radius 1 is 0.903 bits per heavy atom. The number of hydrogen-bond donors (Lipinski definition) is 1. The van der Waals surface area contributed by atoms with Crippen molar-refractivity contribution >= 4 is 39.0 Å². The number of hydrogen-bond acceptors (Lipinski definition) is 1. The van der Waals surface area contributed by atoms with Crippen LogP contribution in [0.15, 0.2) is 72.8 Å². The van der Waals surface area contributed by atoms with Gasteiger partial charge in [-0.3, -0.25) is 4.79 Å². The van der Waals surface area contributed by atoms with E-state index < -0.39 is 0 Å². The van der Waals surface area contributed by atoms with E-state index in [2.05, 4.69) is 87.0 Å². The highest BCUT2D eigenvalue weighted by molar-refractivity contribution is 6.11. The first-order valence-electron chi connectivity index (χ1n) is 10.9. The minimum atomic E-state index is -0.0948. The first-order valence-corrected chi connectivity index (χ1v) is 10.9. The number of fused-ring (bicyclic) bond motifs is 3. The van der Waals surface area contributed by atoms with E-state index in [4.69, 9.17) is 0 Å². The predicted molar refractivity (Wildman–Crippen MR) is 133 cm³/mol. The maximum atomic E-state index is 12.9. The summed E-state index contributed by atoms with van der Waals surface area (Å²) < 4.78 is 2.31. The summed E-state index contributed by atoms with van der Waals surface area (Å²) in [6, 6.07) is 22.4. The third-order valence-electron chi connectivity index (χ3n) is 5.60. The van der Waals surface area contributed by atoms with Crippen LogP contribution in [0.1, 0.15) is 50.5 Å². The fourth-order valence-corrected chi connectivity index (χ4v) is 4.29. The monoisotopic (exact) mass is 410 g/mol. The molecule has 0 unspecified atom stereocenters. The molecular weight excluding hydrogens is 380 g/mol. The zero-order chi connectivity index (χ0) is 22.2. The van der Waals surface area contributed by atoms with Crippen LogP contribution in [0.3, 0.4) is 0 Å². The van der Waals surface area contributed by atoms with Crippen molar-refractivity contribution in [2.24, 2.45) is 5.41 Å². The van der Waals surface area contributed by atoms with E-state index in [0.717, 1.165) is 23.2 Å². The van der Waals surface area contributed by atoms with Gasteiger partial charge < -0.3 is 9.88 Å². The Balaban J connectivity index is 1.60. The maximum absolute atomic E-state index is 12.9. The molecule has 158 valence electrons. The molecule has 0 radical (unpaired) electrons. The number of carbonyl (C=O) groups is 1. The Bertz CT molecular complexity index is 1280. The summed E-state index contributed by atoms with van der Waals surface area (Å²) in [5.41, 5.74) is 6.36. The second-order valence-corrected chi connectivity index (χ2v) is 9.22. The van der Waals surface area contributed by atoms with Crippen molar-refractivity contribution in [1.82, 2.24) is 4.57 Å². The van der Waals surface area contributed by atoms with Gasteiger partial charge in [-0.05, 0) is 66.8 Å². The summed E-state index contributed by atoms with van der Waals surface area (Å²) in [4.78, 5) is 12.9. The molecular formula is C28H30N2O. The first kappa shape index (κ1) is 20.9. The molecule has 0 bridgehead atoms. The Morgan fingerprint density at radius 2 is 1.55 bits per heavy atom. The van der Waals surface area contributed by atoms with Crippen molar-refractivity contribution in [1.29, 1.82) is 0 Å². The minimum absolute atomic E-state index is 0.0948. The summed E-state index contributed by atoms with van der Waals surface area (Å²) in [7, 11) is 0. The average Bonchev–Trinajstić information content (AvgIpc) is 3.05. The number of rotatable bonds is 4. The smallest absolute Gasteiger partial charge is 0.255 e. The van der Waals surface area contributed by atoms with Gasteiger partial charge in [0.25, 0.3) is 5.91 Å². The molecule has 0 aliphatic carbocycles. The first-order chi connectivity index (χ1) is 14.8. The van der Waals surface area contributed by atoms with Crippen molar-refractivity contribution in [3.63, 3.8) is 0 Å². The number of allylic oxidation sites excluding steroid dienone is 2. The fraction of sp³-hybridized carbons (Fsp3) is 0.250. The van der Waals surface area contributed by atoms with Gasteiger partial charge in [-0.2, -0.15) is 0 Å². The molecule has 0 aliphatic rings. The minimum Gasteiger partial charge on any atom is -0.341 e. The number of nitrogens with zero attached hydrogens (tertiary/aromatic N) is 1. The molecule has 0 atom stereocenters. The van der Waals surface area contributed by atoms with Gasteiger partial charge in [-0.15, -0.1) is 0 Å². The van der Waals surface area contributed by atoms with Gasteiger partial charge >= 0.3 is 0 Å². The van der Waals surface area contributed by atoms with Gasteiger partial charge in [-0.1, -0.05) is 57.2 Å². The van der Waals surface area contributed by atoms with Crippen LogP contribution in [0, 0.1) is 5.41 Å². The lowest BCUT2D eigenvalue weighted by atomic mass is 9.91. The summed E-state index contributed by atoms with van der Waals surface area (Å²) >= 11 is 0. The number of para-hydroxylation sites is 1. The Kier molecular flexibility index (Phi) is 5.45. The molecule has 3 nitrogen and oxygen atoms in total. The third kappa shape index (κ3) is 4.27. The molecule has 0 aliphatic heterocycles. The zero-order valence-electron chi connectivity index (χ0n) is 19.0. The van der Waals surface area contributed by atoms with E-state index in [9.17, 15) is 4.79 Å². The molecule has 4 rings (SSSR count). The number of benzene rings is 3. The average molecular weight is 411 g/mol. The molecule has 4 aromatic rings. The van der Waals surface area contributed by atoms with Crippen molar-refractivity contribution in [2.45, 2.75) is 41.2 Å². The molecule has 31 heavy (non-hydrogen) atoms. The second kappa shape index (κ2) is 8.07. The highest BCUT2D eigenvalue weighted by Crippen LogP contribution is 2.31. The SMILES string of the molecule is CCn1c2ccccc2c2cc(NC(=O)c3ccc(/C(C)=C/C(C)(C)C)cc3)ccc21. The van der Waals surface area contributed by atoms with E-state index in [0.29, 0.717) is 5.56 Å². The molecule has 3 aromatic carbocycles. The van der Waals surface area contributed by atoms with Gasteiger partial charge in [0.1, 0.15) is 0 Å².